The topological polar surface area (TPSA) is 36.7 Å². The number of nitriles is 1. The first kappa shape index (κ1) is 11.6. The highest BCUT2D eigenvalue weighted by molar-refractivity contribution is 7.07. The molecule has 0 spiro atoms. The van der Waals surface area contributed by atoms with E-state index in [0.717, 1.165) is 30.9 Å². The largest absolute Gasteiger partial charge is 0.250 e. The second-order valence-corrected chi connectivity index (χ2v) is 5.64. The second kappa shape index (κ2) is 4.97. The van der Waals surface area contributed by atoms with Gasteiger partial charge in [0.1, 0.15) is 0 Å². The van der Waals surface area contributed by atoms with Crippen LogP contribution in [0.1, 0.15) is 44.7 Å². The summed E-state index contributed by atoms with van der Waals surface area (Å²) in [4.78, 5) is 4.32. The van der Waals surface area contributed by atoms with Crippen LogP contribution in [0.4, 0.5) is 0 Å². The second-order valence-electron chi connectivity index (χ2n) is 4.92. The summed E-state index contributed by atoms with van der Waals surface area (Å²) >= 11 is 1.62. The molecule has 1 aliphatic rings. The minimum absolute atomic E-state index is 0.132. The fourth-order valence-electron chi connectivity index (χ4n) is 2.81. The van der Waals surface area contributed by atoms with Crippen molar-refractivity contribution in [2.75, 3.05) is 0 Å². The van der Waals surface area contributed by atoms with Crippen molar-refractivity contribution in [2.45, 2.75) is 45.4 Å². The molecular formula is C13H18N2S. The van der Waals surface area contributed by atoms with Gasteiger partial charge >= 0.3 is 0 Å². The highest BCUT2D eigenvalue weighted by Crippen LogP contribution is 2.42. The van der Waals surface area contributed by atoms with E-state index in [0.29, 0.717) is 0 Å². The Hall–Kier alpha value is -0.880. The molecule has 0 amide bonds. The number of thiazole rings is 1. The molecule has 1 fully saturated rings. The van der Waals surface area contributed by atoms with Crippen molar-refractivity contribution in [1.29, 1.82) is 5.26 Å². The zero-order chi connectivity index (χ0) is 11.4. The molecule has 2 atom stereocenters. The molecule has 1 aliphatic carbocycles. The van der Waals surface area contributed by atoms with Gasteiger partial charge in [0.05, 0.1) is 22.7 Å². The highest BCUT2D eigenvalue weighted by Gasteiger charge is 2.36. The normalized spacial score (nSPS) is 29.9. The number of rotatable bonds is 3. The van der Waals surface area contributed by atoms with E-state index in [9.17, 15) is 5.26 Å². The molecule has 2 unspecified atom stereocenters. The summed E-state index contributed by atoms with van der Waals surface area (Å²) in [5.41, 5.74) is 2.83. The van der Waals surface area contributed by atoms with E-state index in [-0.39, 0.29) is 5.41 Å². The standard InChI is InChI=1S/C13H18N2S/c1-2-11-4-3-5-13(6-11,9-14)7-12-8-16-10-15-12/h8,10-11H,2-7H2,1H3. The van der Waals surface area contributed by atoms with Gasteiger partial charge in [-0.1, -0.05) is 26.2 Å². The summed E-state index contributed by atoms with van der Waals surface area (Å²) in [7, 11) is 0. The van der Waals surface area contributed by atoms with Gasteiger partial charge in [-0.15, -0.1) is 11.3 Å². The third kappa shape index (κ3) is 2.44. The Kier molecular flexibility index (Phi) is 3.60. The van der Waals surface area contributed by atoms with Crippen LogP contribution in [0.2, 0.25) is 0 Å². The predicted molar refractivity (Wildman–Crippen MR) is 66.1 cm³/mol. The predicted octanol–water partition coefficient (Wildman–Crippen LogP) is 3.80. The molecule has 3 heteroatoms. The first-order chi connectivity index (χ1) is 7.78. The molecular weight excluding hydrogens is 216 g/mol. The van der Waals surface area contributed by atoms with E-state index in [4.69, 9.17) is 0 Å². The third-order valence-electron chi connectivity index (χ3n) is 3.76. The smallest absolute Gasteiger partial charge is 0.0794 e. The van der Waals surface area contributed by atoms with Gasteiger partial charge in [-0.3, -0.25) is 0 Å². The first-order valence-electron chi connectivity index (χ1n) is 6.06. The summed E-state index contributed by atoms with van der Waals surface area (Å²) in [6.07, 6.45) is 6.69. The number of nitrogens with zero attached hydrogens (tertiary/aromatic N) is 2. The number of aromatic nitrogens is 1. The average molecular weight is 234 g/mol. The average Bonchev–Trinajstić information content (AvgIpc) is 2.82. The maximum atomic E-state index is 9.48. The molecule has 0 aromatic carbocycles. The van der Waals surface area contributed by atoms with E-state index in [1.807, 2.05) is 5.51 Å². The monoisotopic (exact) mass is 234 g/mol. The molecule has 0 bridgehead atoms. The van der Waals surface area contributed by atoms with Crippen molar-refractivity contribution in [3.8, 4) is 6.07 Å². The lowest BCUT2D eigenvalue weighted by molar-refractivity contribution is 0.193. The molecule has 1 heterocycles. The molecule has 86 valence electrons. The van der Waals surface area contributed by atoms with Gasteiger partial charge in [-0.25, -0.2) is 4.98 Å². The van der Waals surface area contributed by atoms with Crippen LogP contribution in [0.3, 0.4) is 0 Å². The van der Waals surface area contributed by atoms with Gasteiger partial charge in [0.25, 0.3) is 0 Å². The van der Waals surface area contributed by atoms with Crippen molar-refractivity contribution in [3.63, 3.8) is 0 Å². The Morgan fingerprint density at radius 2 is 2.56 bits per heavy atom. The molecule has 1 saturated carbocycles. The fraction of sp³-hybridized carbons (Fsp3) is 0.692. The lowest BCUT2D eigenvalue weighted by Gasteiger charge is -2.35. The van der Waals surface area contributed by atoms with E-state index < -0.39 is 0 Å². The van der Waals surface area contributed by atoms with Crippen LogP contribution in [-0.4, -0.2) is 4.98 Å². The summed E-state index contributed by atoms with van der Waals surface area (Å²) in [5.74, 6) is 0.743. The Morgan fingerprint density at radius 3 is 3.19 bits per heavy atom. The quantitative estimate of drug-likeness (QED) is 0.797. The van der Waals surface area contributed by atoms with E-state index in [1.165, 1.54) is 19.3 Å². The molecule has 2 rings (SSSR count). The van der Waals surface area contributed by atoms with Crippen LogP contribution >= 0.6 is 11.3 Å². The van der Waals surface area contributed by atoms with Crippen molar-refractivity contribution < 1.29 is 0 Å². The van der Waals surface area contributed by atoms with Gasteiger partial charge in [-0.2, -0.15) is 5.26 Å². The van der Waals surface area contributed by atoms with E-state index >= 15 is 0 Å². The van der Waals surface area contributed by atoms with Gasteiger partial charge in [0.2, 0.25) is 0 Å². The SMILES string of the molecule is CCC1CCCC(C#N)(Cc2cscn2)C1. The maximum absolute atomic E-state index is 9.48. The Labute approximate surface area is 101 Å². The number of hydrogen-bond acceptors (Lipinski definition) is 3. The highest BCUT2D eigenvalue weighted by atomic mass is 32.1. The maximum Gasteiger partial charge on any atom is 0.0794 e. The lowest BCUT2D eigenvalue weighted by Crippen LogP contribution is -2.29. The van der Waals surface area contributed by atoms with Gasteiger partial charge < -0.3 is 0 Å². The van der Waals surface area contributed by atoms with Crippen LogP contribution in [0, 0.1) is 22.7 Å². The van der Waals surface area contributed by atoms with Crippen LogP contribution in [-0.2, 0) is 6.42 Å². The van der Waals surface area contributed by atoms with Crippen molar-refractivity contribution in [2.24, 2.45) is 11.3 Å². The molecule has 0 saturated heterocycles. The first-order valence-corrected chi connectivity index (χ1v) is 7.00. The van der Waals surface area contributed by atoms with Gasteiger partial charge in [-0.05, 0) is 18.8 Å². The molecule has 1 aromatic heterocycles. The zero-order valence-electron chi connectivity index (χ0n) is 9.78. The molecule has 2 nitrogen and oxygen atoms in total. The number of hydrogen-bond donors (Lipinski definition) is 0. The summed E-state index contributed by atoms with van der Waals surface area (Å²) in [6.45, 7) is 2.24. The van der Waals surface area contributed by atoms with Crippen LogP contribution in [0.5, 0.6) is 0 Å². The third-order valence-corrected chi connectivity index (χ3v) is 4.40. The van der Waals surface area contributed by atoms with Crippen LogP contribution in [0.25, 0.3) is 0 Å². The van der Waals surface area contributed by atoms with Crippen LogP contribution < -0.4 is 0 Å². The van der Waals surface area contributed by atoms with Gasteiger partial charge in [0, 0.05) is 11.8 Å². The Balaban J connectivity index is 2.10. The molecule has 0 aliphatic heterocycles. The van der Waals surface area contributed by atoms with Gasteiger partial charge in [0.15, 0.2) is 0 Å². The summed E-state index contributed by atoms with van der Waals surface area (Å²) in [6, 6.07) is 2.58. The van der Waals surface area contributed by atoms with Crippen molar-refractivity contribution in [3.05, 3.63) is 16.6 Å². The lowest BCUT2D eigenvalue weighted by atomic mass is 9.67. The minimum atomic E-state index is -0.132. The van der Waals surface area contributed by atoms with Crippen molar-refractivity contribution in [1.82, 2.24) is 4.98 Å². The minimum Gasteiger partial charge on any atom is -0.250 e. The Bertz CT molecular complexity index is 366. The molecule has 1 aromatic rings. The molecule has 0 N–H and O–H groups in total. The van der Waals surface area contributed by atoms with Crippen molar-refractivity contribution >= 4 is 11.3 Å². The van der Waals surface area contributed by atoms with E-state index in [1.54, 1.807) is 11.3 Å². The summed E-state index contributed by atoms with van der Waals surface area (Å²) < 4.78 is 0. The summed E-state index contributed by atoms with van der Waals surface area (Å²) in [5, 5.41) is 11.6. The Morgan fingerprint density at radius 1 is 1.69 bits per heavy atom. The zero-order valence-corrected chi connectivity index (χ0v) is 10.6. The van der Waals surface area contributed by atoms with E-state index in [2.05, 4.69) is 23.4 Å². The fourth-order valence-corrected chi connectivity index (χ4v) is 3.37. The molecule has 0 radical (unpaired) electrons. The van der Waals surface area contributed by atoms with Crippen LogP contribution in [0.15, 0.2) is 10.9 Å². The molecule has 16 heavy (non-hydrogen) atoms.